The maximum absolute atomic E-state index is 11.4. The molecule has 86 valence electrons. The lowest BCUT2D eigenvalue weighted by Crippen LogP contribution is -2.36. The van der Waals surface area contributed by atoms with Crippen molar-refractivity contribution in [2.45, 2.75) is 25.8 Å². The van der Waals surface area contributed by atoms with Crippen LogP contribution in [-0.4, -0.2) is 49.6 Å². The van der Waals surface area contributed by atoms with E-state index >= 15 is 0 Å². The van der Waals surface area contributed by atoms with Crippen molar-refractivity contribution >= 4 is 17.5 Å². The second-order valence-corrected chi connectivity index (χ2v) is 3.72. The van der Waals surface area contributed by atoms with Gasteiger partial charge in [0.05, 0.1) is 0 Å². The molecule has 0 heterocycles. The molecule has 0 aliphatic heterocycles. The number of carbonyl (C=O) groups excluding carboxylic acids is 3. The van der Waals surface area contributed by atoms with E-state index in [-0.39, 0.29) is 24.7 Å². The Morgan fingerprint density at radius 3 is 2.07 bits per heavy atom. The van der Waals surface area contributed by atoms with Gasteiger partial charge in [0.2, 0.25) is 5.78 Å². The van der Waals surface area contributed by atoms with Crippen LogP contribution in [0.15, 0.2) is 0 Å². The molecule has 1 N–H and O–H groups in total. The largest absolute Gasteiger partial charge is 0.342 e. The number of carbonyl (C=O) groups is 3. The van der Waals surface area contributed by atoms with Crippen molar-refractivity contribution < 1.29 is 14.4 Å². The molecular formula is C10H18N2O3. The van der Waals surface area contributed by atoms with Crippen molar-refractivity contribution in [2.24, 2.45) is 0 Å². The minimum atomic E-state index is -0.529. The normalized spacial score (nSPS) is 12.0. The smallest absolute Gasteiger partial charge is 0.289 e. The molecule has 5 nitrogen and oxygen atoms in total. The first-order valence-electron chi connectivity index (χ1n) is 4.79. The first-order valence-corrected chi connectivity index (χ1v) is 4.79. The Balaban J connectivity index is 4.24. The van der Waals surface area contributed by atoms with Gasteiger partial charge in [-0.1, -0.05) is 0 Å². The molecule has 0 aromatic carbocycles. The third-order valence-electron chi connectivity index (χ3n) is 2.02. The van der Waals surface area contributed by atoms with Crippen LogP contribution in [0, 0.1) is 0 Å². The van der Waals surface area contributed by atoms with Crippen LogP contribution in [0.2, 0.25) is 0 Å². The number of amides is 1. The molecule has 0 aromatic rings. The highest BCUT2D eigenvalue weighted by molar-refractivity contribution is 6.36. The molecule has 5 heteroatoms. The van der Waals surface area contributed by atoms with Gasteiger partial charge in [-0.3, -0.25) is 14.4 Å². The van der Waals surface area contributed by atoms with E-state index < -0.39 is 11.7 Å². The number of rotatable bonds is 6. The van der Waals surface area contributed by atoms with Gasteiger partial charge in [-0.2, -0.15) is 0 Å². The molecule has 0 saturated carbocycles. The highest BCUT2D eigenvalue weighted by Crippen LogP contribution is 2.01. The van der Waals surface area contributed by atoms with Crippen LogP contribution in [0.4, 0.5) is 0 Å². The van der Waals surface area contributed by atoms with Crippen molar-refractivity contribution in [3.05, 3.63) is 0 Å². The van der Waals surface area contributed by atoms with Crippen LogP contribution in [0.25, 0.3) is 0 Å². The van der Waals surface area contributed by atoms with Crippen molar-refractivity contribution in [1.29, 1.82) is 0 Å². The Labute approximate surface area is 89.8 Å². The zero-order chi connectivity index (χ0) is 12.0. The Kier molecular flexibility index (Phi) is 5.77. The van der Waals surface area contributed by atoms with E-state index in [2.05, 4.69) is 5.32 Å². The predicted octanol–water partition coefficient (Wildman–Crippen LogP) is -0.399. The van der Waals surface area contributed by atoms with E-state index in [1.54, 1.807) is 7.05 Å². The number of Topliss-reactive ketones (excluding diaryl/α,β-unsaturated/α-hetero) is 2. The highest BCUT2D eigenvalue weighted by Gasteiger charge is 2.20. The molecule has 0 aromatic heterocycles. The number of nitrogens with zero attached hydrogens (tertiary/aromatic N) is 1. The molecule has 15 heavy (non-hydrogen) atoms. The van der Waals surface area contributed by atoms with Gasteiger partial charge in [0, 0.05) is 33.0 Å². The van der Waals surface area contributed by atoms with Gasteiger partial charge >= 0.3 is 0 Å². The van der Waals surface area contributed by atoms with E-state index in [0.29, 0.717) is 0 Å². The summed E-state index contributed by atoms with van der Waals surface area (Å²) in [7, 11) is 4.72. The Morgan fingerprint density at radius 2 is 1.73 bits per heavy atom. The van der Waals surface area contributed by atoms with Gasteiger partial charge in [-0.05, 0) is 14.0 Å². The molecule has 0 saturated heterocycles. The maximum Gasteiger partial charge on any atom is 0.289 e. The summed E-state index contributed by atoms with van der Waals surface area (Å²) in [6.07, 6.45) is 0.329. The highest BCUT2D eigenvalue weighted by atomic mass is 16.2. The predicted molar refractivity (Wildman–Crippen MR) is 56.5 cm³/mol. The molecule has 0 radical (unpaired) electrons. The molecule has 0 unspecified atom stereocenters. The van der Waals surface area contributed by atoms with Crippen LogP contribution in [0.5, 0.6) is 0 Å². The van der Waals surface area contributed by atoms with Crippen LogP contribution >= 0.6 is 0 Å². The quantitative estimate of drug-likeness (QED) is 0.611. The van der Waals surface area contributed by atoms with Crippen LogP contribution in [0.1, 0.15) is 19.8 Å². The van der Waals surface area contributed by atoms with Crippen LogP contribution < -0.4 is 5.32 Å². The molecule has 0 spiro atoms. The van der Waals surface area contributed by atoms with Crippen molar-refractivity contribution in [3.63, 3.8) is 0 Å². The first kappa shape index (κ1) is 13.8. The van der Waals surface area contributed by atoms with Crippen LogP contribution in [0.3, 0.4) is 0 Å². The standard InChI is InChI=1S/C10H18N2O3/c1-7(13)5-8(11-2)6-9(14)10(15)12(3)4/h8,11H,5-6H2,1-4H3/t8-/m1/s1. The Hall–Kier alpha value is -1.23. The zero-order valence-electron chi connectivity index (χ0n) is 9.66. The van der Waals surface area contributed by atoms with Gasteiger partial charge < -0.3 is 10.2 Å². The van der Waals surface area contributed by atoms with E-state index in [1.165, 1.54) is 25.9 Å². The van der Waals surface area contributed by atoms with E-state index in [9.17, 15) is 14.4 Å². The fourth-order valence-electron chi connectivity index (χ4n) is 1.18. The summed E-state index contributed by atoms with van der Waals surface area (Å²) in [6.45, 7) is 1.46. The third kappa shape index (κ3) is 5.27. The van der Waals surface area contributed by atoms with Gasteiger partial charge in [0.25, 0.3) is 5.91 Å². The van der Waals surface area contributed by atoms with Crippen molar-refractivity contribution in [3.8, 4) is 0 Å². The maximum atomic E-state index is 11.4. The number of hydrogen-bond acceptors (Lipinski definition) is 4. The van der Waals surface area contributed by atoms with Gasteiger partial charge in [0.1, 0.15) is 5.78 Å². The summed E-state index contributed by atoms with van der Waals surface area (Å²) in [4.78, 5) is 34.7. The molecule has 0 aliphatic carbocycles. The number of likely N-dealkylation sites (N-methyl/N-ethyl adjacent to an activating group) is 1. The molecule has 0 bridgehead atoms. The SMILES string of the molecule is CN[C@H](CC(C)=O)CC(=O)C(=O)N(C)C. The van der Waals surface area contributed by atoms with Crippen molar-refractivity contribution in [1.82, 2.24) is 10.2 Å². The van der Waals surface area contributed by atoms with E-state index in [0.717, 1.165) is 0 Å². The second kappa shape index (κ2) is 6.29. The topological polar surface area (TPSA) is 66.5 Å². The van der Waals surface area contributed by atoms with Gasteiger partial charge in [-0.15, -0.1) is 0 Å². The lowest BCUT2D eigenvalue weighted by molar-refractivity contribution is -0.143. The summed E-state index contributed by atoms with van der Waals surface area (Å²) in [5.74, 6) is -1.00. The van der Waals surface area contributed by atoms with E-state index in [4.69, 9.17) is 0 Å². The third-order valence-corrected chi connectivity index (χ3v) is 2.02. The summed E-state index contributed by atoms with van der Waals surface area (Å²) in [5, 5.41) is 2.85. The van der Waals surface area contributed by atoms with E-state index in [1.807, 2.05) is 0 Å². The zero-order valence-corrected chi connectivity index (χ0v) is 9.66. The minimum absolute atomic E-state index is 0.000507. The summed E-state index contributed by atoms with van der Waals surface area (Å²) in [5.41, 5.74) is 0. The average Bonchev–Trinajstić information content (AvgIpc) is 2.14. The lowest BCUT2D eigenvalue weighted by atomic mass is 10.0. The molecule has 1 atom stereocenters. The molecule has 1 amide bonds. The molecule has 0 aliphatic rings. The molecular weight excluding hydrogens is 196 g/mol. The lowest BCUT2D eigenvalue weighted by Gasteiger charge is -2.15. The van der Waals surface area contributed by atoms with Gasteiger partial charge in [0.15, 0.2) is 0 Å². The number of ketones is 2. The fraction of sp³-hybridized carbons (Fsp3) is 0.700. The minimum Gasteiger partial charge on any atom is -0.342 e. The summed E-state index contributed by atoms with van der Waals surface area (Å²) in [6, 6.07) is -0.251. The molecule has 0 rings (SSSR count). The second-order valence-electron chi connectivity index (χ2n) is 3.72. The summed E-state index contributed by atoms with van der Waals surface area (Å²) < 4.78 is 0. The number of hydrogen-bond donors (Lipinski definition) is 1. The fourth-order valence-corrected chi connectivity index (χ4v) is 1.18. The molecule has 0 fully saturated rings. The Bertz CT molecular complexity index is 261. The Morgan fingerprint density at radius 1 is 1.20 bits per heavy atom. The monoisotopic (exact) mass is 214 g/mol. The van der Waals surface area contributed by atoms with Gasteiger partial charge in [-0.25, -0.2) is 0 Å². The first-order chi connectivity index (χ1) is 6.88. The summed E-state index contributed by atoms with van der Waals surface area (Å²) >= 11 is 0. The van der Waals surface area contributed by atoms with Crippen LogP contribution in [-0.2, 0) is 14.4 Å². The number of nitrogens with one attached hydrogen (secondary N) is 1. The average molecular weight is 214 g/mol. The van der Waals surface area contributed by atoms with Crippen molar-refractivity contribution in [2.75, 3.05) is 21.1 Å².